The summed E-state index contributed by atoms with van der Waals surface area (Å²) >= 11 is 1.62. The Morgan fingerprint density at radius 1 is 1.09 bits per heavy atom. The van der Waals surface area contributed by atoms with Crippen LogP contribution < -0.4 is 5.32 Å². The second kappa shape index (κ2) is 20.4. The van der Waals surface area contributed by atoms with Gasteiger partial charge in [0.25, 0.3) is 0 Å². The maximum atomic E-state index is 12.8. The van der Waals surface area contributed by atoms with Gasteiger partial charge in [0.15, 0.2) is 0 Å². The van der Waals surface area contributed by atoms with Gasteiger partial charge >= 0.3 is 11.9 Å². The van der Waals surface area contributed by atoms with E-state index in [0.717, 1.165) is 44.3 Å². The van der Waals surface area contributed by atoms with E-state index in [2.05, 4.69) is 37.4 Å². The molecule has 1 amide bonds. The standard InChI is InChI=1S/C28H47NO5S/c1-4-6-8-10-11-12-13-14-15-17-23(33-28(32)25(29-22-30)19-20-35-3)21-26-24(27(31)34-26)18-16-9-7-5-2/h11-12,14-15,22-26H,4-10,13,16-21H2,1-3H3,(H,29,30)/t23?,24-,25?,26-/m0/s1. The molecule has 1 rings (SSSR count). The first-order valence-corrected chi connectivity index (χ1v) is 14.9. The summed E-state index contributed by atoms with van der Waals surface area (Å²) in [7, 11) is 0. The molecule has 0 bridgehead atoms. The number of unbranched alkanes of at least 4 members (excludes halogenated alkanes) is 6. The van der Waals surface area contributed by atoms with Crippen LogP contribution in [0.25, 0.3) is 0 Å². The van der Waals surface area contributed by atoms with Crippen LogP contribution in [0.3, 0.4) is 0 Å². The monoisotopic (exact) mass is 509 g/mol. The third-order valence-corrected chi connectivity index (χ3v) is 6.95. The number of allylic oxidation sites excluding steroid dienone is 3. The minimum atomic E-state index is -0.661. The van der Waals surface area contributed by atoms with E-state index in [1.165, 1.54) is 25.7 Å². The molecule has 0 aromatic carbocycles. The molecule has 1 heterocycles. The lowest BCUT2D eigenvalue weighted by atomic mass is 9.87. The smallest absolute Gasteiger partial charge is 0.328 e. The molecule has 1 aliphatic rings. The topological polar surface area (TPSA) is 81.7 Å². The number of thioether (sulfide) groups is 1. The Morgan fingerprint density at radius 2 is 1.83 bits per heavy atom. The average molecular weight is 510 g/mol. The van der Waals surface area contributed by atoms with E-state index in [1.807, 2.05) is 12.3 Å². The highest BCUT2D eigenvalue weighted by Gasteiger charge is 2.43. The van der Waals surface area contributed by atoms with Crippen molar-refractivity contribution in [2.45, 2.75) is 116 Å². The van der Waals surface area contributed by atoms with Gasteiger partial charge in [-0.3, -0.25) is 9.59 Å². The number of esters is 2. The first-order valence-electron chi connectivity index (χ1n) is 13.5. The number of hydrogen-bond donors (Lipinski definition) is 1. The van der Waals surface area contributed by atoms with Crippen LogP contribution in [0.4, 0.5) is 0 Å². The Balaban J connectivity index is 2.68. The van der Waals surface area contributed by atoms with Crippen molar-refractivity contribution < 1.29 is 23.9 Å². The molecular formula is C28H47NO5S. The number of amides is 1. The fraction of sp³-hybridized carbons (Fsp3) is 0.750. The number of ether oxygens (including phenoxy) is 2. The molecule has 1 saturated heterocycles. The van der Waals surface area contributed by atoms with Crippen LogP contribution in [0.2, 0.25) is 0 Å². The maximum Gasteiger partial charge on any atom is 0.328 e. The van der Waals surface area contributed by atoms with Crippen LogP contribution in [-0.2, 0) is 23.9 Å². The van der Waals surface area contributed by atoms with Crippen molar-refractivity contribution in [3.8, 4) is 0 Å². The molecule has 0 spiro atoms. The summed E-state index contributed by atoms with van der Waals surface area (Å²) in [5, 5.41) is 2.58. The first-order chi connectivity index (χ1) is 17.1. The lowest BCUT2D eigenvalue weighted by Gasteiger charge is -2.37. The molecule has 7 heteroatoms. The lowest BCUT2D eigenvalue weighted by Crippen LogP contribution is -2.48. The molecule has 0 aromatic rings. The molecule has 200 valence electrons. The molecule has 1 fully saturated rings. The summed E-state index contributed by atoms with van der Waals surface area (Å²) in [5.41, 5.74) is 0. The normalized spacial score (nSPS) is 19.3. The van der Waals surface area contributed by atoms with Gasteiger partial charge in [-0.2, -0.15) is 11.8 Å². The van der Waals surface area contributed by atoms with E-state index in [0.29, 0.717) is 25.7 Å². The summed E-state index contributed by atoms with van der Waals surface area (Å²) in [5.74, 6) is 0.0744. The number of carbonyl (C=O) groups excluding carboxylic acids is 3. The Hall–Kier alpha value is -1.76. The molecule has 4 atom stereocenters. The third-order valence-electron chi connectivity index (χ3n) is 6.31. The number of carbonyl (C=O) groups is 3. The van der Waals surface area contributed by atoms with Crippen LogP contribution in [-0.4, -0.2) is 48.6 Å². The molecule has 6 nitrogen and oxygen atoms in total. The average Bonchev–Trinajstić information content (AvgIpc) is 2.84. The van der Waals surface area contributed by atoms with Crippen molar-refractivity contribution in [2.24, 2.45) is 5.92 Å². The number of cyclic esters (lactones) is 1. The highest BCUT2D eigenvalue weighted by Crippen LogP contribution is 2.32. The van der Waals surface area contributed by atoms with Crippen LogP contribution in [0.1, 0.15) is 97.3 Å². The second-order valence-electron chi connectivity index (χ2n) is 9.25. The zero-order chi connectivity index (χ0) is 25.7. The van der Waals surface area contributed by atoms with E-state index < -0.39 is 18.1 Å². The highest BCUT2D eigenvalue weighted by atomic mass is 32.2. The minimum absolute atomic E-state index is 0.108. The van der Waals surface area contributed by atoms with E-state index in [-0.39, 0.29) is 18.0 Å². The second-order valence-corrected chi connectivity index (χ2v) is 10.2. The van der Waals surface area contributed by atoms with Crippen LogP contribution in [0.15, 0.2) is 24.3 Å². The Labute approximate surface area is 217 Å². The van der Waals surface area contributed by atoms with Gasteiger partial charge in [0.1, 0.15) is 18.2 Å². The van der Waals surface area contributed by atoms with Gasteiger partial charge < -0.3 is 14.8 Å². The highest BCUT2D eigenvalue weighted by molar-refractivity contribution is 7.98. The molecule has 1 N–H and O–H groups in total. The van der Waals surface area contributed by atoms with Gasteiger partial charge in [-0.25, -0.2) is 4.79 Å². The van der Waals surface area contributed by atoms with Crippen LogP contribution >= 0.6 is 11.8 Å². The number of rotatable bonds is 22. The Morgan fingerprint density at radius 3 is 2.51 bits per heavy atom. The molecule has 1 aliphatic heterocycles. The fourth-order valence-corrected chi connectivity index (χ4v) is 4.61. The number of nitrogens with one attached hydrogen (secondary N) is 1. The molecule has 35 heavy (non-hydrogen) atoms. The molecule has 2 unspecified atom stereocenters. The SMILES string of the molecule is CCCCCC=CCC=CCC(C[C@@H]1OC(=O)[C@H]1CCCCCC)OC(=O)C(CCSC)NC=O. The van der Waals surface area contributed by atoms with E-state index >= 15 is 0 Å². The van der Waals surface area contributed by atoms with Gasteiger partial charge in [0.2, 0.25) is 6.41 Å². The summed E-state index contributed by atoms with van der Waals surface area (Å²) < 4.78 is 11.3. The van der Waals surface area contributed by atoms with Crippen LogP contribution in [0, 0.1) is 5.92 Å². The molecular weight excluding hydrogens is 462 g/mol. The van der Waals surface area contributed by atoms with Crippen molar-refractivity contribution in [3.05, 3.63) is 24.3 Å². The summed E-state index contributed by atoms with van der Waals surface area (Å²) in [6, 6.07) is -0.661. The van der Waals surface area contributed by atoms with Crippen molar-refractivity contribution in [1.82, 2.24) is 5.32 Å². The predicted molar refractivity (Wildman–Crippen MR) is 144 cm³/mol. The molecule has 0 aliphatic carbocycles. The van der Waals surface area contributed by atoms with Gasteiger partial charge in [0.05, 0.1) is 5.92 Å². The van der Waals surface area contributed by atoms with E-state index in [1.54, 1.807) is 11.8 Å². The zero-order valence-electron chi connectivity index (χ0n) is 22.0. The van der Waals surface area contributed by atoms with Crippen molar-refractivity contribution in [3.63, 3.8) is 0 Å². The molecule has 0 aromatic heterocycles. The van der Waals surface area contributed by atoms with Crippen molar-refractivity contribution in [1.29, 1.82) is 0 Å². The first kappa shape index (κ1) is 31.3. The summed E-state index contributed by atoms with van der Waals surface area (Å²) in [6.45, 7) is 4.37. The van der Waals surface area contributed by atoms with Gasteiger partial charge in [0, 0.05) is 12.8 Å². The number of hydrogen-bond acceptors (Lipinski definition) is 6. The largest absolute Gasteiger partial charge is 0.461 e. The van der Waals surface area contributed by atoms with Crippen molar-refractivity contribution >= 4 is 30.1 Å². The Bertz CT molecular complexity index is 651. The van der Waals surface area contributed by atoms with Crippen LogP contribution in [0.5, 0.6) is 0 Å². The summed E-state index contributed by atoms with van der Waals surface area (Å²) in [6.07, 6.45) is 22.9. The quantitative estimate of drug-likeness (QED) is 0.0817. The maximum absolute atomic E-state index is 12.8. The van der Waals surface area contributed by atoms with E-state index in [9.17, 15) is 14.4 Å². The predicted octanol–water partition coefficient (Wildman–Crippen LogP) is 6.14. The Kier molecular flexibility index (Phi) is 18.3. The van der Waals surface area contributed by atoms with E-state index in [4.69, 9.17) is 9.47 Å². The van der Waals surface area contributed by atoms with Gasteiger partial charge in [-0.1, -0.05) is 76.7 Å². The van der Waals surface area contributed by atoms with Crippen molar-refractivity contribution in [2.75, 3.05) is 12.0 Å². The van der Waals surface area contributed by atoms with Gasteiger partial charge in [-0.15, -0.1) is 0 Å². The summed E-state index contributed by atoms with van der Waals surface area (Å²) in [4.78, 5) is 35.8. The van der Waals surface area contributed by atoms with Gasteiger partial charge in [-0.05, 0) is 44.1 Å². The molecule has 0 saturated carbocycles. The lowest BCUT2D eigenvalue weighted by molar-refractivity contribution is -0.190. The third kappa shape index (κ3) is 13.8. The molecule has 0 radical (unpaired) electrons. The fourth-order valence-electron chi connectivity index (χ4n) is 4.14. The zero-order valence-corrected chi connectivity index (χ0v) is 22.9. The minimum Gasteiger partial charge on any atom is -0.461 e.